The summed E-state index contributed by atoms with van der Waals surface area (Å²) in [6.45, 7) is 11.0. The Hall–Kier alpha value is -2.15. The lowest BCUT2D eigenvalue weighted by Gasteiger charge is -2.19. The first-order chi connectivity index (χ1) is 13.8. The van der Waals surface area contributed by atoms with E-state index in [1.165, 1.54) is 18.2 Å². The molecule has 2 heterocycles. The Morgan fingerprint density at radius 1 is 1.30 bits per heavy atom. The number of nitrogens with zero attached hydrogens (tertiary/aromatic N) is 2. The van der Waals surface area contributed by atoms with Crippen LogP contribution in [0.5, 0.6) is 0 Å². The maximum absolute atomic E-state index is 14.6. The van der Waals surface area contributed by atoms with Gasteiger partial charge in [0.15, 0.2) is 11.6 Å². The SMILES string of the molecule is CC(C)Cn1c(-c2ccc(P(=O)(O)O)o2)nc2c(N)c(F)cc(CCC(C)(C)C)c21. The first-order valence-electron chi connectivity index (χ1n) is 9.91. The van der Waals surface area contributed by atoms with Crippen molar-refractivity contribution in [1.29, 1.82) is 0 Å². The third-order valence-corrected chi connectivity index (χ3v) is 5.69. The summed E-state index contributed by atoms with van der Waals surface area (Å²) in [7, 11) is -4.54. The molecule has 0 aliphatic carbocycles. The van der Waals surface area contributed by atoms with E-state index in [1.807, 2.05) is 18.4 Å². The van der Waals surface area contributed by atoms with Crippen molar-refractivity contribution in [3.8, 4) is 11.6 Å². The molecule has 0 saturated carbocycles. The lowest BCUT2D eigenvalue weighted by Crippen LogP contribution is -2.10. The number of hydrogen-bond acceptors (Lipinski definition) is 4. The first-order valence-corrected chi connectivity index (χ1v) is 11.5. The zero-order valence-electron chi connectivity index (χ0n) is 17.9. The minimum absolute atomic E-state index is 0.0463. The summed E-state index contributed by atoms with van der Waals surface area (Å²) in [5.74, 6) is 0.279. The number of aromatic nitrogens is 2. The maximum Gasteiger partial charge on any atom is 0.391 e. The largest absolute Gasteiger partial charge is 0.445 e. The molecule has 9 heteroatoms. The number of imidazole rings is 1. The van der Waals surface area contributed by atoms with Gasteiger partial charge in [-0.2, -0.15) is 0 Å². The molecule has 0 amide bonds. The molecule has 30 heavy (non-hydrogen) atoms. The molecular formula is C21H29FN3O4P. The van der Waals surface area contributed by atoms with Crippen LogP contribution >= 0.6 is 7.60 Å². The number of rotatable bonds is 6. The van der Waals surface area contributed by atoms with E-state index in [9.17, 15) is 18.7 Å². The van der Waals surface area contributed by atoms with Crippen LogP contribution in [0.15, 0.2) is 22.6 Å². The minimum Gasteiger partial charge on any atom is -0.445 e. The Morgan fingerprint density at radius 2 is 1.97 bits per heavy atom. The number of aryl methyl sites for hydroxylation is 1. The predicted molar refractivity (Wildman–Crippen MR) is 116 cm³/mol. The highest BCUT2D eigenvalue weighted by Crippen LogP contribution is 2.38. The lowest BCUT2D eigenvalue weighted by molar-refractivity contribution is 0.377. The van der Waals surface area contributed by atoms with Gasteiger partial charge in [-0.3, -0.25) is 4.57 Å². The van der Waals surface area contributed by atoms with E-state index in [0.29, 0.717) is 24.3 Å². The number of hydrogen-bond donors (Lipinski definition) is 3. The molecule has 0 unspecified atom stereocenters. The summed E-state index contributed by atoms with van der Waals surface area (Å²) in [4.78, 5) is 23.3. The van der Waals surface area contributed by atoms with Crippen LogP contribution in [0, 0.1) is 17.2 Å². The van der Waals surface area contributed by atoms with Gasteiger partial charge in [-0.1, -0.05) is 34.6 Å². The van der Waals surface area contributed by atoms with E-state index in [1.54, 1.807) is 0 Å². The van der Waals surface area contributed by atoms with Crippen LogP contribution in [-0.2, 0) is 17.5 Å². The van der Waals surface area contributed by atoms with Crippen LogP contribution in [0.3, 0.4) is 0 Å². The van der Waals surface area contributed by atoms with Gasteiger partial charge in [0.2, 0.25) is 5.50 Å². The summed E-state index contributed by atoms with van der Waals surface area (Å²) in [6, 6.07) is 4.17. The van der Waals surface area contributed by atoms with E-state index in [4.69, 9.17) is 10.2 Å². The van der Waals surface area contributed by atoms with Crippen LogP contribution < -0.4 is 11.2 Å². The van der Waals surface area contributed by atoms with Crippen LogP contribution in [0.4, 0.5) is 10.1 Å². The molecule has 2 aromatic heterocycles. The molecule has 0 radical (unpaired) electrons. The number of furan rings is 1. The van der Waals surface area contributed by atoms with Crippen LogP contribution in [0.1, 0.15) is 46.6 Å². The van der Waals surface area contributed by atoms with Crippen molar-refractivity contribution in [2.24, 2.45) is 11.3 Å². The van der Waals surface area contributed by atoms with Crippen LogP contribution in [-0.4, -0.2) is 19.3 Å². The molecule has 164 valence electrons. The minimum atomic E-state index is -4.54. The van der Waals surface area contributed by atoms with Gasteiger partial charge in [-0.25, -0.2) is 9.37 Å². The van der Waals surface area contributed by atoms with E-state index in [2.05, 4.69) is 25.8 Å². The lowest BCUT2D eigenvalue weighted by atomic mass is 9.88. The molecule has 3 rings (SSSR count). The van der Waals surface area contributed by atoms with Crippen molar-refractivity contribution in [1.82, 2.24) is 9.55 Å². The third kappa shape index (κ3) is 4.61. The molecule has 1 aromatic carbocycles. The van der Waals surface area contributed by atoms with Crippen LogP contribution in [0.25, 0.3) is 22.6 Å². The second kappa shape index (κ2) is 7.84. The number of benzene rings is 1. The summed E-state index contributed by atoms with van der Waals surface area (Å²) in [5.41, 5.74) is 7.48. The zero-order chi connectivity index (χ0) is 22.4. The molecular weight excluding hydrogens is 408 g/mol. The molecule has 3 aromatic rings. The van der Waals surface area contributed by atoms with Gasteiger partial charge >= 0.3 is 7.60 Å². The molecule has 0 fully saturated rings. The van der Waals surface area contributed by atoms with Crippen molar-refractivity contribution in [2.45, 2.75) is 54.0 Å². The normalized spacial score (nSPS) is 13.0. The van der Waals surface area contributed by atoms with E-state index in [-0.39, 0.29) is 22.8 Å². The molecule has 0 saturated heterocycles. The smallest absolute Gasteiger partial charge is 0.391 e. The topological polar surface area (TPSA) is 115 Å². The second-order valence-electron chi connectivity index (χ2n) is 9.31. The van der Waals surface area contributed by atoms with Gasteiger partial charge in [0.05, 0.1) is 11.2 Å². The van der Waals surface area contributed by atoms with Gasteiger partial charge < -0.3 is 24.5 Å². The predicted octanol–water partition coefficient (Wildman–Crippen LogP) is 4.46. The Kier molecular flexibility index (Phi) is 5.89. The summed E-state index contributed by atoms with van der Waals surface area (Å²) < 4.78 is 33.5. The summed E-state index contributed by atoms with van der Waals surface area (Å²) in [5, 5.41) is 0. The molecule has 0 atom stereocenters. The molecule has 4 N–H and O–H groups in total. The molecule has 0 bridgehead atoms. The Bertz CT molecular complexity index is 1120. The fourth-order valence-corrected chi connectivity index (χ4v) is 3.90. The average molecular weight is 437 g/mol. The van der Waals surface area contributed by atoms with E-state index < -0.39 is 18.9 Å². The van der Waals surface area contributed by atoms with Crippen molar-refractivity contribution in [3.05, 3.63) is 29.6 Å². The van der Waals surface area contributed by atoms with Gasteiger partial charge in [0, 0.05) is 6.54 Å². The molecule has 0 aliphatic rings. The van der Waals surface area contributed by atoms with Crippen LogP contribution in [0.2, 0.25) is 0 Å². The molecule has 7 nitrogen and oxygen atoms in total. The maximum atomic E-state index is 14.6. The molecule has 0 aliphatic heterocycles. The number of anilines is 1. The van der Waals surface area contributed by atoms with Gasteiger partial charge in [-0.05, 0) is 47.9 Å². The monoisotopic (exact) mass is 437 g/mol. The van der Waals surface area contributed by atoms with Crippen molar-refractivity contribution in [3.63, 3.8) is 0 Å². The average Bonchev–Trinajstić information content (AvgIpc) is 3.21. The highest BCUT2D eigenvalue weighted by atomic mass is 31.2. The second-order valence-corrected chi connectivity index (χ2v) is 10.8. The first kappa shape index (κ1) is 22.5. The van der Waals surface area contributed by atoms with Crippen molar-refractivity contribution in [2.75, 3.05) is 5.73 Å². The number of nitrogens with two attached hydrogens (primary N) is 1. The zero-order valence-corrected chi connectivity index (χ0v) is 18.8. The highest BCUT2D eigenvalue weighted by molar-refractivity contribution is 7.59. The highest BCUT2D eigenvalue weighted by Gasteiger charge is 2.26. The fourth-order valence-electron chi connectivity index (χ4n) is 3.41. The van der Waals surface area contributed by atoms with E-state index >= 15 is 0 Å². The van der Waals surface area contributed by atoms with Gasteiger partial charge in [0.25, 0.3) is 0 Å². The summed E-state index contributed by atoms with van der Waals surface area (Å²) >= 11 is 0. The standard InChI is InChI=1S/C21H29FN3O4P/c1-12(2)11-25-19-13(8-9-21(3,4)5)10-14(22)17(23)18(19)24-20(25)15-6-7-16(29-15)30(26,27)28/h6-7,10,12H,8-9,11,23H2,1-5H3,(H2,26,27,28). The van der Waals surface area contributed by atoms with Crippen molar-refractivity contribution < 1.29 is 23.2 Å². The van der Waals surface area contributed by atoms with Gasteiger partial charge in [-0.15, -0.1) is 0 Å². The number of fused-ring (bicyclic) bond motifs is 1. The van der Waals surface area contributed by atoms with E-state index in [0.717, 1.165) is 17.5 Å². The quantitative estimate of drug-likeness (QED) is 0.388. The fraction of sp³-hybridized carbons (Fsp3) is 0.476. The molecule has 0 spiro atoms. The van der Waals surface area contributed by atoms with Crippen molar-refractivity contribution >= 4 is 29.8 Å². The number of halogens is 1. The Morgan fingerprint density at radius 3 is 2.50 bits per heavy atom. The third-order valence-electron chi connectivity index (χ3n) is 4.88. The summed E-state index contributed by atoms with van der Waals surface area (Å²) in [6.07, 6.45) is 1.49. The number of nitrogen functional groups attached to an aromatic ring is 1. The van der Waals surface area contributed by atoms with Gasteiger partial charge in [0.1, 0.15) is 11.3 Å². The Balaban J connectivity index is 2.26. The Labute approximate surface area is 175 Å².